The molecule has 0 heterocycles. The summed E-state index contributed by atoms with van der Waals surface area (Å²) < 4.78 is 0. The number of rotatable bonds is 7. The van der Waals surface area contributed by atoms with Gasteiger partial charge in [0.1, 0.15) is 0 Å². The van der Waals surface area contributed by atoms with Gasteiger partial charge in [0.15, 0.2) is 5.78 Å². The molecule has 28 heavy (non-hydrogen) atoms. The molecular formula is C24H24N2O2. The Kier molecular flexibility index (Phi) is 6.35. The van der Waals surface area contributed by atoms with Crippen molar-refractivity contribution < 1.29 is 9.59 Å². The average Bonchev–Trinajstić information content (AvgIpc) is 2.70. The molecule has 0 aliphatic rings. The van der Waals surface area contributed by atoms with Crippen LogP contribution in [0.2, 0.25) is 0 Å². The third-order valence-corrected chi connectivity index (χ3v) is 4.59. The Labute approximate surface area is 165 Å². The summed E-state index contributed by atoms with van der Waals surface area (Å²) in [6.45, 7) is 3.74. The summed E-state index contributed by atoms with van der Waals surface area (Å²) in [4.78, 5) is 23.8. The molecule has 0 saturated carbocycles. The number of hydrogen-bond acceptors (Lipinski definition) is 3. The van der Waals surface area contributed by atoms with E-state index in [1.165, 1.54) is 12.5 Å². The Bertz CT molecular complexity index is 933. The van der Waals surface area contributed by atoms with E-state index in [0.29, 0.717) is 11.3 Å². The Morgan fingerprint density at radius 3 is 2.04 bits per heavy atom. The van der Waals surface area contributed by atoms with Crippen LogP contribution in [0.25, 0.3) is 0 Å². The molecule has 0 fully saturated rings. The van der Waals surface area contributed by atoms with Gasteiger partial charge in [-0.1, -0.05) is 60.2 Å². The van der Waals surface area contributed by atoms with Crippen molar-refractivity contribution in [2.75, 3.05) is 11.9 Å². The van der Waals surface area contributed by atoms with E-state index in [0.717, 1.165) is 11.1 Å². The molecule has 2 N–H and O–H groups in total. The molecule has 0 saturated heterocycles. The van der Waals surface area contributed by atoms with E-state index >= 15 is 0 Å². The molecular weight excluding hydrogens is 348 g/mol. The quantitative estimate of drug-likeness (QED) is 0.600. The second-order valence-electron chi connectivity index (χ2n) is 6.82. The maximum absolute atomic E-state index is 12.4. The molecule has 4 heteroatoms. The molecule has 0 aliphatic carbocycles. The number of nitrogens with one attached hydrogen (secondary N) is 2. The number of benzene rings is 3. The predicted molar refractivity (Wildman–Crippen MR) is 113 cm³/mol. The number of ketones is 1. The number of anilines is 1. The van der Waals surface area contributed by atoms with Crippen molar-refractivity contribution in [3.8, 4) is 0 Å². The molecule has 0 radical (unpaired) electrons. The zero-order valence-electron chi connectivity index (χ0n) is 16.1. The van der Waals surface area contributed by atoms with E-state index in [9.17, 15) is 9.59 Å². The lowest BCUT2D eigenvalue weighted by Gasteiger charge is -2.20. The normalized spacial score (nSPS) is 11.6. The molecule has 142 valence electrons. The van der Waals surface area contributed by atoms with Gasteiger partial charge < -0.3 is 5.32 Å². The van der Waals surface area contributed by atoms with Crippen molar-refractivity contribution >= 4 is 17.4 Å². The highest BCUT2D eigenvalue weighted by Crippen LogP contribution is 2.22. The molecule has 1 amide bonds. The Balaban J connectivity index is 1.68. The number of amides is 1. The second-order valence-corrected chi connectivity index (χ2v) is 6.82. The number of Topliss-reactive ketones (excluding diaryl/α,β-unsaturated/α-hetero) is 1. The maximum atomic E-state index is 12.4. The van der Waals surface area contributed by atoms with Gasteiger partial charge in [-0.2, -0.15) is 0 Å². The van der Waals surface area contributed by atoms with Gasteiger partial charge in [0.2, 0.25) is 5.91 Å². The lowest BCUT2D eigenvalue weighted by Crippen LogP contribution is -2.31. The first-order chi connectivity index (χ1) is 13.5. The Morgan fingerprint density at radius 2 is 1.43 bits per heavy atom. The molecule has 0 unspecified atom stereocenters. The topological polar surface area (TPSA) is 58.2 Å². The van der Waals surface area contributed by atoms with Crippen molar-refractivity contribution in [1.82, 2.24) is 5.32 Å². The van der Waals surface area contributed by atoms with Crippen LogP contribution in [0.4, 0.5) is 5.69 Å². The van der Waals surface area contributed by atoms with Crippen molar-refractivity contribution in [1.29, 1.82) is 0 Å². The van der Waals surface area contributed by atoms with Crippen molar-refractivity contribution in [2.45, 2.75) is 19.9 Å². The van der Waals surface area contributed by atoms with Crippen molar-refractivity contribution in [3.63, 3.8) is 0 Å². The van der Waals surface area contributed by atoms with Crippen LogP contribution in [-0.4, -0.2) is 18.2 Å². The second kappa shape index (κ2) is 9.11. The highest BCUT2D eigenvalue weighted by molar-refractivity contribution is 5.96. The first-order valence-electron chi connectivity index (χ1n) is 9.28. The summed E-state index contributed by atoms with van der Waals surface area (Å²) in [5.41, 5.74) is 4.70. The van der Waals surface area contributed by atoms with Crippen LogP contribution in [0.3, 0.4) is 0 Å². The summed E-state index contributed by atoms with van der Waals surface area (Å²) in [5.74, 6) is -0.132. The summed E-state index contributed by atoms with van der Waals surface area (Å²) in [6, 6.07) is 25.2. The average molecular weight is 372 g/mol. The molecule has 3 rings (SSSR count). The molecule has 3 aromatic rings. The van der Waals surface area contributed by atoms with Gasteiger partial charge in [0.25, 0.3) is 0 Å². The molecule has 0 spiro atoms. The van der Waals surface area contributed by atoms with Gasteiger partial charge in [0, 0.05) is 11.3 Å². The number of carbonyl (C=O) groups is 2. The largest absolute Gasteiger partial charge is 0.325 e. The number of hydrogen-bond donors (Lipinski definition) is 2. The van der Waals surface area contributed by atoms with Crippen LogP contribution >= 0.6 is 0 Å². The molecule has 1 atom stereocenters. The standard InChI is InChI=1S/C24H24N2O2/c1-17-8-10-21(11-9-17)24(20-6-4-3-5-7-20)25-16-23(28)26-22-14-12-19(13-15-22)18(2)27/h3-15,24-25H,16H2,1-2H3,(H,26,28)/t24-/m0/s1. The molecule has 3 aromatic carbocycles. The minimum absolute atomic E-state index is 0.00310. The van der Waals surface area contributed by atoms with E-state index in [1.807, 2.05) is 18.2 Å². The van der Waals surface area contributed by atoms with Gasteiger partial charge in [0.05, 0.1) is 12.6 Å². The minimum Gasteiger partial charge on any atom is -0.325 e. The van der Waals surface area contributed by atoms with Crippen molar-refractivity contribution in [3.05, 3.63) is 101 Å². The summed E-state index contributed by atoms with van der Waals surface area (Å²) in [5, 5.41) is 6.22. The lowest BCUT2D eigenvalue weighted by molar-refractivity contribution is -0.115. The van der Waals surface area contributed by atoms with Crippen LogP contribution < -0.4 is 10.6 Å². The lowest BCUT2D eigenvalue weighted by atomic mass is 9.98. The third kappa shape index (κ3) is 5.15. The molecule has 0 bridgehead atoms. The molecule has 0 aliphatic heterocycles. The first kappa shape index (κ1) is 19.5. The zero-order valence-corrected chi connectivity index (χ0v) is 16.1. The Hall–Kier alpha value is -3.24. The smallest absolute Gasteiger partial charge is 0.238 e. The fraction of sp³-hybridized carbons (Fsp3) is 0.167. The minimum atomic E-state index is -0.136. The van der Waals surface area contributed by atoms with E-state index in [1.54, 1.807) is 24.3 Å². The highest BCUT2D eigenvalue weighted by Gasteiger charge is 2.15. The maximum Gasteiger partial charge on any atom is 0.238 e. The van der Waals surface area contributed by atoms with Crippen LogP contribution in [0.15, 0.2) is 78.9 Å². The number of carbonyl (C=O) groups excluding carboxylic acids is 2. The zero-order chi connectivity index (χ0) is 19.9. The Morgan fingerprint density at radius 1 is 0.821 bits per heavy atom. The monoisotopic (exact) mass is 372 g/mol. The van der Waals surface area contributed by atoms with E-state index in [4.69, 9.17) is 0 Å². The summed E-state index contributed by atoms with van der Waals surface area (Å²) in [7, 11) is 0. The highest BCUT2D eigenvalue weighted by atomic mass is 16.2. The predicted octanol–water partition coefficient (Wildman–Crippen LogP) is 4.52. The molecule has 0 aromatic heterocycles. The van der Waals surface area contributed by atoms with Crippen LogP contribution in [0.5, 0.6) is 0 Å². The fourth-order valence-corrected chi connectivity index (χ4v) is 3.02. The van der Waals surface area contributed by atoms with Gasteiger partial charge in [-0.05, 0) is 49.2 Å². The van der Waals surface area contributed by atoms with Crippen LogP contribution in [0.1, 0.15) is 40.0 Å². The summed E-state index contributed by atoms with van der Waals surface area (Å²) >= 11 is 0. The van der Waals surface area contributed by atoms with E-state index in [2.05, 4.69) is 54.0 Å². The van der Waals surface area contributed by atoms with Gasteiger partial charge in [-0.25, -0.2) is 0 Å². The van der Waals surface area contributed by atoms with Gasteiger partial charge in [-0.3, -0.25) is 14.9 Å². The third-order valence-electron chi connectivity index (χ3n) is 4.59. The van der Waals surface area contributed by atoms with Crippen LogP contribution in [0, 0.1) is 6.92 Å². The summed E-state index contributed by atoms with van der Waals surface area (Å²) in [6.07, 6.45) is 0. The van der Waals surface area contributed by atoms with E-state index < -0.39 is 0 Å². The SMILES string of the molecule is CC(=O)c1ccc(NC(=O)CN[C@@H](c2ccccc2)c2ccc(C)cc2)cc1. The van der Waals surface area contributed by atoms with Crippen LogP contribution in [-0.2, 0) is 4.79 Å². The number of aryl methyl sites for hydroxylation is 1. The van der Waals surface area contributed by atoms with E-state index in [-0.39, 0.29) is 24.3 Å². The molecule has 4 nitrogen and oxygen atoms in total. The van der Waals surface area contributed by atoms with Gasteiger partial charge in [-0.15, -0.1) is 0 Å². The van der Waals surface area contributed by atoms with Gasteiger partial charge >= 0.3 is 0 Å². The first-order valence-corrected chi connectivity index (χ1v) is 9.28. The van der Waals surface area contributed by atoms with Crippen molar-refractivity contribution in [2.24, 2.45) is 0 Å². The fourth-order valence-electron chi connectivity index (χ4n) is 3.02.